The van der Waals surface area contributed by atoms with Gasteiger partial charge in [0, 0.05) is 48.4 Å². The number of hydrogen-bond acceptors (Lipinski definition) is 7. The lowest BCUT2D eigenvalue weighted by Gasteiger charge is -2.22. The molecule has 7 heteroatoms. The smallest absolute Gasteiger partial charge is 0.151 e. The Hall–Kier alpha value is -5.56. The van der Waals surface area contributed by atoms with E-state index in [4.69, 9.17) is 4.74 Å². The van der Waals surface area contributed by atoms with Crippen LogP contribution >= 0.6 is 0 Å². The Morgan fingerprint density at radius 2 is 0.767 bits per heavy atom. The van der Waals surface area contributed by atoms with E-state index in [-0.39, 0.29) is 11.5 Å². The summed E-state index contributed by atoms with van der Waals surface area (Å²) in [5, 5.41) is 34.8. The predicted molar refractivity (Wildman–Crippen MR) is 182 cm³/mol. The van der Waals surface area contributed by atoms with Gasteiger partial charge in [-0.1, -0.05) is 72.8 Å². The van der Waals surface area contributed by atoms with Crippen LogP contribution in [0.3, 0.4) is 0 Å². The monoisotopic (exact) mass is 574 g/mol. The van der Waals surface area contributed by atoms with Crippen LogP contribution in [0.4, 0.5) is 22.7 Å². The molecule has 0 saturated heterocycles. The lowest BCUT2D eigenvalue weighted by atomic mass is 9.99. The van der Waals surface area contributed by atoms with Crippen molar-refractivity contribution in [2.75, 3.05) is 47.4 Å². The second-order valence-electron chi connectivity index (χ2n) is 9.54. The summed E-state index contributed by atoms with van der Waals surface area (Å²) in [6.45, 7) is 17.3. The Kier molecular flexibility index (Phi) is 10.5. The number of nitrogens with one attached hydrogen (secondary N) is 4. The van der Waals surface area contributed by atoms with Crippen molar-refractivity contribution in [2.24, 2.45) is 0 Å². The number of para-hydroxylation sites is 4. The molecule has 0 aromatic heterocycles. The standard InChI is InChI=1S/C36H38N4O3/c1-5-21-37-33-25(13-9-17-29(33)41)27-15-11-19-31(35(27)39-23-7-3)43-32-20-12-16-28(36(32)40-24-8-4)26-14-10-18-30(42)34(26)38-22-6-2/h5-20,37-42H,1-4,21-24H2. The SMILES string of the molecule is C=CCNc1c(O)cccc1-c1cccc(Oc2cccc(-c3cccc(O)c3NCC=C)c2NCC=C)c1NCC=C. The predicted octanol–water partition coefficient (Wildman–Crippen LogP) is 8.62. The Balaban J connectivity index is 1.87. The van der Waals surface area contributed by atoms with Crippen molar-refractivity contribution in [2.45, 2.75) is 0 Å². The molecule has 0 aliphatic rings. The average molecular weight is 575 g/mol. The Labute approximate surface area is 253 Å². The van der Waals surface area contributed by atoms with Crippen LogP contribution in [0.1, 0.15) is 0 Å². The van der Waals surface area contributed by atoms with Gasteiger partial charge < -0.3 is 36.2 Å². The van der Waals surface area contributed by atoms with Crippen LogP contribution in [0.25, 0.3) is 22.3 Å². The minimum atomic E-state index is 0.135. The number of ether oxygens (including phenoxy) is 1. The zero-order valence-electron chi connectivity index (χ0n) is 24.2. The molecule has 6 N–H and O–H groups in total. The fourth-order valence-corrected chi connectivity index (χ4v) is 4.76. The summed E-state index contributed by atoms with van der Waals surface area (Å²) in [7, 11) is 0. The highest BCUT2D eigenvalue weighted by Crippen LogP contribution is 2.47. The van der Waals surface area contributed by atoms with Gasteiger partial charge in [-0.05, 0) is 24.3 Å². The molecule has 0 saturated carbocycles. The molecule has 43 heavy (non-hydrogen) atoms. The van der Waals surface area contributed by atoms with E-state index in [1.54, 1.807) is 36.4 Å². The first-order chi connectivity index (χ1) is 21.0. The fourth-order valence-electron chi connectivity index (χ4n) is 4.76. The lowest BCUT2D eigenvalue weighted by molar-refractivity contribution is 0.477. The maximum atomic E-state index is 10.7. The van der Waals surface area contributed by atoms with Gasteiger partial charge in [0.25, 0.3) is 0 Å². The molecule has 4 rings (SSSR count). The number of anilines is 4. The summed E-state index contributed by atoms with van der Waals surface area (Å²) >= 11 is 0. The molecule has 0 unspecified atom stereocenters. The average Bonchev–Trinajstić information content (AvgIpc) is 3.02. The third kappa shape index (κ3) is 7.02. The molecule has 0 aliphatic heterocycles. The van der Waals surface area contributed by atoms with Crippen LogP contribution in [0.5, 0.6) is 23.0 Å². The van der Waals surface area contributed by atoms with Crippen molar-refractivity contribution < 1.29 is 14.9 Å². The molecule has 7 nitrogen and oxygen atoms in total. The van der Waals surface area contributed by atoms with E-state index in [0.717, 1.165) is 33.6 Å². The van der Waals surface area contributed by atoms with Crippen molar-refractivity contribution in [1.82, 2.24) is 0 Å². The number of benzene rings is 4. The third-order valence-corrected chi connectivity index (χ3v) is 6.63. The van der Waals surface area contributed by atoms with Gasteiger partial charge in [0.1, 0.15) is 11.5 Å². The second-order valence-corrected chi connectivity index (χ2v) is 9.54. The van der Waals surface area contributed by atoms with Crippen LogP contribution in [0.15, 0.2) is 123 Å². The summed E-state index contributed by atoms with van der Waals surface area (Å²) in [4.78, 5) is 0. The Morgan fingerprint density at radius 3 is 1.12 bits per heavy atom. The van der Waals surface area contributed by atoms with Crippen molar-refractivity contribution in [3.05, 3.63) is 123 Å². The van der Waals surface area contributed by atoms with Gasteiger partial charge in [-0.15, -0.1) is 26.3 Å². The molecule has 220 valence electrons. The van der Waals surface area contributed by atoms with Gasteiger partial charge >= 0.3 is 0 Å². The minimum absolute atomic E-state index is 0.135. The second kappa shape index (κ2) is 14.9. The molecule has 0 amide bonds. The van der Waals surface area contributed by atoms with E-state index in [9.17, 15) is 10.2 Å². The summed E-state index contributed by atoms with van der Waals surface area (Å²) in [5.74, 6) is 1.43. The van der Waals surface area contributed by atoms with Crippen LogP contribution in [0.2, 0.25) is 0 Å². The van der Waals surface area contributed by atoms with E-state index < -0.39 is 0 Å². The number of rotatable bonds is 16. The molecule has 0 fully saturated rings. The fraction of sp³-hybridized carbons (Fsp3) is 0.111. The van der Waals surface area contributed by atoms with E-state index in [1.165, 1.54) is 0 Å². The Bertz CT molecular complexity index is 1490. The van der Waals surface area contributed by atoms with Gasteiger partial charge in [-0.25, -0.2) is 0 Å². The maximum absolute atomic E-state index is 10.7. The van der Waals surface area contributed by atoms with Gasteiger partial charge in [0.2, 0.25) is 0 Å². The van der Waals surface area contributed by atoms with E-state index in [1.807, 2.05) is 60.7 Å². The van der Waals surface area contributed by atoms with Crippen LogP contribution < -0.4 is 26.0 Å². The van der Waals surface area contributed by atoms with Crippen molar-refractivity contribution >= 4 is 22.7 Å². The quantitative estimate of drug-likeness (QED) is 0.0589. The largest absolute Gasteiger partial charge is 0.506 e. The zero-order chi connectivity index (χ0) is 30.6. The number of phenolic OH excluding ortho intramolecular Hbond substituents is 2. The first kappa shape index (κ1) is 30.4. The molecule has 4 aromatic rings. The van der Waals surface area contributed by atoms with Crippen molar-refractivity contribution in [3.8, 4) is 45.3 Å². The van der Waals surface area contributed by atoms with Crippen molar-refractivity contribution in [3.63, 3.8) is 0 Å². The van der Waals surface area contributed by atoms with Gasteiger partial charge in [-0.2, -0.15) is 0 Å². The van der Waals surface area contributed by atoms with Crippen LogP contribution in [0, 0.1) is 0 Å². The summed E-state index contributed by atoms with van der Waals surface area (Å²) in [5.41, 5.74) is 5.94. The molecular weight excluding hydrogens is 536 g/mol. The zero-order valence-corrected chi connectivity index (χ0v) is 24.2. The summed E-state index contributed by atoms with van der Waals surface area (Å²) < 4.78 is 6.67. The molecule has 0 spiro atoms. The first-order valence-electron chi connectivity index (χ1n) is 14.0. The van der Waals surface area contributed by atoms with E-state index in [0.29, 0.717) is 49.1 Å². The molecule has 0 atom stereocenters. The van der Waals surface area contributed by atoms with E-state index in [2.05, 4.69) is 47.6 Å². The Morgan fingerprint density at radius 1 is 0.465 bits per heavy atom. The van der Waals surface area contributed by atoms with E-state index >= 15 is 0 Å². The van der Waals surface area contributed by atoms with Gasteiger partial charge in [0.15, 0.2) is 11.5 Å². The van der Waals surface area contributed by atoms with Crippen molar-refractivity contribution in [1.29, 1.82) is 0 Å². The summed E-state index contributed by atoms with van der Waals surface area (Å²) in [6.07, 6.45) is 7.03. The molecule has 0 bridgehead atoms. The highest BCUT2D eigenvalue weighted by atomic mass is 16.5. The van der Waals surface area contributed by atoms with Gasteiger partial charge in [0.05, 0.1) is 22.7 Å². The van der Waals surface area contributed by atoms with Crippen LogP contribution in [-0.2, 0) is 0 Å². The first-order valence-corrected chi connectivity index (χ1v) is 14.0. The highest BCUT2D eigenvalue weighted by molar-refractivity contribution is 5.93. The normalized spacial score (nSPS) is 10.3. The highest BCUT2D eigenvalue weighted by Gasteiger charge is 2.20. The lowest BCUT2D eigenvalue weighted by Crippen LogP contribution is -2.06. The molecular formula is C36H38N4O3. The maximum Gasteiger partial charge on any atom is 0.151 e. The molecule has 0 heterocycles. The number of hydrogen-bond donors (Lipinski definition) is 6. The number of phenols is 2. The molecule has 4 aromatic carbocycles. The minimum Gasteiger partial charge on any atom is -0.506 e. The molecule has 0 radical (unpaired) electrons. The topological polar surface area (TPSA) is 97.8 Å². The molecule has 0 aliphatic carbocycles. The van der Waals surface area contributed by atoms with Gasteiger partial charge in [-0.3, -0.25) is 0 Å². The van der Waals surface area contributed by atoms with Crippen LogP contribution in [-0.4, -0.2) is 36.4 Å². The number of aromatic hydroxyl groups is 2. The summed E-state index contributed by atoms with van der Waals surface area (Å²) in [6, 6.07) is 22.4. The third-order valence-electron chi connectivity index (χ3n) is 6.63.